The highest BCUT2D eigenvalue weighted by atomic mass is 79.9. The smallest absolute Gasteiger partial charge is 0.0498 e. The molecule has 0 heterocycles. The van der Waals surface area contributed by atoms with Gasteiger partial charge in [-0.1, -0.05) is 39.7 Å². The zero-order valence-electron chi connectivity index (χ0n) is 9.81. The van der Waals surface area contributed by atoms with Crippen molar-refractivity contribution in [2.75, 3.05) is 5.32 Å². The highest BCUT2D eigenvalue weighted by Gasteiger charge is 2.02. The van der Waals surface area contributed by atoms with Crippen LogP contribution in [0.15, 0.2) is 45.3 Å². The summed E-state index contributed by atoms with van der Waals surface area (Å²) >= 11 is 13.1. The van der Waals surface area contributed by atoms with Crippen molar-refractivity contribution in [1.82, 2.24) is 0 Å². The summed E-state index contributed by atoms with van der Waals surface area (Å²) in [6.45, 7) is 2.75. The predicted octanol–water partition coefficient (Wildman–Crippen LogP) is 5.79. The first-order valence-electron chi connectivity index (χ1n) is 5.50. The van der Waals surface area contributed by atoms with Gasteiger partial charge in [0, 0.05) is 26.2 Å². The summed E-state index contributed by atoms with van der Waals surface area (Å²) in [6.07, 6.45) is 0. The fraction of sp³-hybridized carbons (Fsp3) is 0.143. The molecule has 0 radical (unpaired) electrons. The van der Waals surface area contributed by atoms with Crippen molar-refractivity contribution in [2.24, 2.45) is 0 Å². The Kier molecular flexibility index (Phi) is 4.71. The molecule has 0 saturated heterocycles. The summed E-state index contributed by atoms with van der Waals surface area (Å²) in [5.41, 5.74) is 3.32. The van der Waals surface area contributed by atoms with Crippen molar-refractivity contribution in [3.05, 3.63) is 61.5 Å². The molecule has 18 heavy (non-hydrogen) atoms. The van der Waals surface area contributed by atoms with Crippen molar-refractivity contribution in [2.45, 2.75) is 13.5 Å². The fourth-order valence-electron chi connectivity index (χ4n) is 1.58. The van der Waals surface area contributed by atoms with Crippen LogP contribution in [0.25, 0.3) is 0 Å². The Morgan fingerprint density at radius 2 is 1.89 bits per heavy atom. The van der Waals surface area contributed by atoms with Gasteiger partial charge in [-0.3, -0.25) is 0 Å². The molecule has 0 fully saturated rings. The molecule has 0 bridgehead atoms. The number of halogens is 3. The summed E-state index contributed by atoms with van der Waals surface area (Å²) < 4.78 is 2.10. The predicted molar refractivity (Wildman–Crippen MR) is 85.4 cm³/mol. The zero-order chi connectivity index (χ0) is 13.1. The monoisotopic (exact) mass is 387 g/mol. The lowest BCUT2D eigenvalue weighted by Crippen LogP contribution is -2.00. The molecule has 0 aliphatic heterocycles. The number of nitrogens with one attached hydrogen (secondary N) is 1. The standard InChI is InChI=1S/C14H12Br2ClN/c1-9-2-3-10(6-13(9)17)8-18-14-7-11(15)4-5-12(14)16/h2-7,18H,8H2,1H3. The van der Waals surface area contributed by atoms with Crippen molar-refractivity contribution < 1.29 is 0 Å². The molecule has 0 spiro atoms. The van der Waals surface area contributed by atoms with E-state index in [2.05, 4.69) is 43.2 Å². The van der Waals surface area contributed by atoms with E-state index in [1.165, 1.54) is 0 Å². The van der Waals surface area contributed by atoms with E-state index in [1.54, 1.807) is 0 Å². The Balaban J connectivity index is 2.11. The van der Waals surface area contributed by atoms with Crippen LogP contribution in [0.1, 0.15) is 11.1 Å². The first-order valence-corrected chi connectivity index (χ1v) is 7.46. The molecule has 1 nitrogen and oxygen atoms in total. The normalized spacial score (nSPS) is 10.4. The highest BCUT2D eigenvalue weighted by molar-refractivity contribution is 9.11. The van der Waals surface area contributed by atoms with Crippen molar-refractivity contribution >= 4 is 49.1 Å². The molecule has 4 heteroatoms. The second-order valence-electron chi connectivity index (χ2n) is 4.06. The number of benzene rings is 2. The van der Waals surface area contributed by atoms with E-state index in [-0.39, 0.29) is 0 Å². The molecule has 2 aromatic carbocycles. The average Bonchev–Trinajstić information content (AvgIpc) is 2.34. The molecule has 2 aromatic rings. The van der Waals surface area contributed by atoms with Crippen LogP contribution >= 0.6 is 43.5 Å². The van der Waals surface area contributed by atoms with Gasteiger partial charge in [0.1, 0.15) is 0 Å². The molecule has 0 saturated carbocycles. The third-order valence-corrected chi connectivity index (χ3v) is 4.24. The van der Waals surface area contributed by atoms with Crippen LogP contribution in [0.5, 0.6) is 0 Å². The van der Waals surface area contributed by atoms with Gasteiger partial charge in [0.15, 0.2) is 0 Å². The second-order valence-corrected chi connectivity index (χ2v) is 6.24. The molecule has 0 amide bonds. The SMILES string of the molecule is Cc1ccc(CNc2cc(Br)ccc2Br)cc1Cl. The van der Waals surface area contributed by atoms with E-state index in [9.17, 15) is 0 Å². The molecular weight excluding hydrogens is 377 g/mol. The van der Waals surface area contributed by atoms with Crippen LogP contribution in [0.4, 0.5) is 5.69 Å². The molecule has 0 aliphatic carbocycles. The van der Waals surface area contributed by atoms with Crippen LogP contribution in [0.3, 0.4) is 0 Å². The van der Waals surface area contributed by atoms with Gasteiger partial charge >= 0.3 is 0 Å². The van der Waals surface area contributed by atoms with E-state index in [0.29, 0.717) is 0 Å². The molecule has 2 rings (SSSR count). The number of anilines is 1. The molecule has 0 aliphatic rings. The average molecular weight is 390 g/mol. The number of hydrogen-bond acceptors (Lipinski definition) is 1. The lowest BCUT2D eigenvalue weighted by molar-refractivity contribution is 1.14. The van der Waals surface area contributed by atoms with Crippen molar-refractivity contribution in [1.29, 1.82) is 0 Å². The first-order chi connectivity index (χ1) is 8.56. The van der Waals surface area contributed by atoms with E-state index >= 15 is 0 Å². The fourth-order valence-corrected chi connectivity index (χ4v) is 2.53. The van der Waals surface area contributed by atoms with Gasteiger partial charge in [0.2, 0.25) is 0 Å². The lowest BCUT2D eigenvalue weighted by Gasteiger charge is -2.10. The third-order valence-electron chi connectivity index (χ3n) is 2.65. The number of hydrogen-bond donors (Lipinski definition) is 1. The van der Waals surface area contributed by atoms with Crippen LogP contribution in [-0.4, -0.2) is 0 Å². The van der Waals surface area contributed by atoms with E-state index < -0.39 is 0 Å². The Morgan fingerprint density at radius 1 is 1.11 bits per heavy atom. The van der Waals surface area contributed by atoms with Crippen molar-refractivity contribution in [3.8, 4) is 0 Å². The summed E-state index contributed by atoms with van der Waals surface area (Å²) in [7, 11) is 0. The van der Waals surface area contributed by atoms with E-state index in [4.69, 9.17) is 11.6 Å². The maximum Gasteiger partial charge on any atom is 0.0498 e. The van der Waals surface area contributed by atoms with E-state index in [0.717, 1.165) is 37.3 Å². The number of rotatable bonds is 3. The summed E-state index contributed by atoms with van der Waals surface area (Å²) in [5, 5.41) is 4.19. The molecule has 0 atom stereocenters. The highest BCUT2D eigenvalue weighted by Crippen LogP contribution is 2.27. The zero-order valence-corrected chi connectivity index (χ0v) is 13.7. The van der Waals surface area contributed by atoms with Crippen molar-refractivity contribution in [3.63, 3.8) is 0 Å². The first kappa shape index (κ1) is 13.9. The largest absolute Gasteiger partial charge is 0.380 e. The Bertz CT molecular complexity index is 570. The topological polar surface area (TPSA) is 12.0 Å². The van der Waals surface area contributed by atoms with Gasteiger partial charge in [-0.15, -0.1) is 0 Å². The third kappa shape index (κ3) is 3.50. The Morgan fingerprint density at radius 3 is 2.61 bits per heavy atom. The van der Waals surface area contributed by atoms with Gasteiger partial charge in [-0.05, 0) is 58.2 Å². The minimum absolute atomic E-state index is 0.745. The van der Waals surface area contributed by atoms with Gasteiger partial charge < -0.3 is 5.32 Å². The minimum Gasteiger partial charge on any atom is -0.380 e. The molecule has 0 aromatic heterocycles. The summed E-state index contributed by atoms with van der Waals surface area (Å²) in [4.78, 5) is 0. The van der Waals surface area contributed by atoms with Crippen LogP contribution in [0, 0.1) is 6.92 Å². The summed E-state index contributed by atoms with van der Waals surface area (Å²) in [5.74, 6) is 0. The number of aryl methyl sites for hydroxylation is 1. The van der Waals surface area contributed by atoms with Gasteiger partial charge in [0.25, 0.3) is 0 Å². The van der Waals surface area contributed by atoms with Crippen LogP contribution in [0.2, 0.25) is 5.02 Å². The maximum absolute atomic E-state index is 6.11. The molecule has 94 valence electrons. The van der Waals surface area contributed by atoms with Crippen LogP contribution < -0.4 is 5.32 Å². The minimum atomic E-state index is 0.745. The molecule has 0 unspecified atom stereocenters. The summed E-state index contributed by atoms with van der Waals surface area (Å²) in [6, 6.07) is 12.2. The van der Waals surface area contributed by atoms with E-state index in [1.807, 2.05) is 37.3 Å². The molecule has 1 N–H and O–H groups in total. The lowest BCUT2D eigenvalue weighted by atomic mass is 10.1. The Labute approximate surface area is 129 Å². The van der Waals surface area contributed by atoms with Gasteiger partial charge in [0.05, 0.1) is 0 Å². The quantitative estimate of drug-likeness (QED) is 0.701. The maximum atomic E-state index is 6.11. The van der Waals surface area contributed by atoms with Gasteiger partial charge in [-0.25, -0.2) is 0 Å². The molecular formula is C14H12Br2ClN. The van der Waals surface area contributed by atoms with Crippen LogP contribution in [-0.2, 0) is 6.54 Å². The van der Waals surface area contributed by atoms with Gasteiger partial charge in [-0.2, -0.15) is 0 Å². The Hall–Kier alpha value is -0.510. The second kappa shape index (κ2) is 6.09.